The number of allylic oxidation sites excluding steroid dienone is 4. The quantitative estimate of drug-likeness (QED) is 0.600. The van der Waals surface area contributed by atoms with Gasteiger partial charge in [-0.3, -0.25) is 4.79 Å². The molecule has 0 radical (unpaired) electrons. The summed E-state index contributed by atoms with van der Waals surface area (Å²) in [7, 11) is 2.54. The number of ether oxygens (including phenoxy) is 1. The first-order valence-corrected chi connectivity index (χ1v) is 8.49. The van der Waals surface area contributed by atoms with Crippen LogP contribution in [0.3, 0.4) is 0 Å². The number of carboxylic acids is 1. The number of Topliss-reactive ketones (excluding diaryl/α,β-unsaturated/α-hetero) is 1. The van der Waals surface area contributed by atoms with Gasteiger partial charge in [0.1, 0.15) is 11.8 Å². The van der Waals surface area contributed by atoms with Gasteiger partial charge in [-0.2, -0.15) is 0 Å². The van der Waals surface area contributed by atoms with Gasteiger partial charge in [-0.15, -0.1) is 0 Å². The number of carbonyl (C=O) groups excluding carboxylic acids is 1. The number of methoxy groups -OCH3 is 1. The average Bonchev–Trinajstić information content (AvgIpc) is 2.58. The van der Waals surface area contributed by atoms with E-state index in [2.05, 4.69) is 5.32 Å². The number of carboxylic acid groups (broad SMARTS) is 1. The molecule has 0 aliphatic heterocycles. The predicted molar refractivity (Wildman–Crippen MR) is 93.9 cm³/mol. The zero-order chi connectivity index (χ0) is 21.1. The summed E-state index contributed by atoms with van der Waals surface area (Å²) in [6.07, 6.45) is 4.82. The summed E-state index contributed by atoms with van der Waals surface area (Å²) in [4.78, 5) is 23.8. The Labute approximate surface area is 164 Å². The molecule has 0 spiro atoms. The predicted octanol–water partition coefficient (Wildman–Crippen LogP) is 2.14. The Morgan fingerprint density at radius 1 is 1.23 bits per heavy atom. The molecule has 0 aromatic carbocycles. The normalized spacial score (nSPS) is 16.3. The van der Waals surface area contributed by atoms with Crippen LogP contribution in [0.25, 0.3) is 0 Å². The van der Waals surface area contributed by atoms with E-state index < -0.39 is 12.0 Å². The van der Waals surface area contributed by atoms with Crippen LogP contribution in [0.15, 0.2) is 35.3 Å². The minimum absolute atomic E-state index is 0.100. The van der Waals surface area contributed by atoms with Crippen LogP contribution in [-0.2, 0) is 35.4 Å². The summed E-state index contributed by atoms with van der Waals surface area (Å²) >= 11 is 1.06. The third kappa shape index (κ3) is 8.12. The summed E-state index contributed by atoms with van der Waals surface area (Å²) in [5.41, 5.74) is 0.714. The fourth-order valence-corrected chi connectivity index (χ4v) is 2.13. The van der Waals surface area contributed by atoms with E-state index in [4.69, 9.17) is 13.5 Å². The second-order valence-corrected chi connectivity index (χ2v) is 6.71. The van der Waals surface area contributed by atoms with Gasteiger partial charge in [0, 0.05) is 24.5 Å². The second-order valence-electron chi connectivity index (χ2n) is 6.71. The zero-order valence-electron chi connectivity index (χ0n) is 16.4. The Bertz CT molecular complexity index is 573. The molecular formula is C18H29NO6V. The molecule has 0 saturated heterocycles. The van der Waals surface area contributed by atoms with Crippen molar-refractivity contribution in [2.45, 2.75) is 40.7 Å². The summed E-state index contributed by atoms with van der Waals surface area (Å²) in [6, 6.07) is -0.747. The van der Waals surface area contributed by atoms with Crippen LogP contribution in [0.2, 0.25) is 0 Å². The Morgan fingerprint density at radius 3 is 2.08 bits per heavy atom. The van der Waals surface area contributed by atoms with Crippen LogP contribution in [0.4, 0.5) is 0 Å². The first-order valence-electron chi connectivity index (χ1n) is 7.92. The van der Waals surface area contributed by atoms with Crippen LogP contribution in [0.1, 0.15) is 34.6 Å². The number of hydrogen-bond donors (Lipinski definition) is 3. The number of rotatable bonds is 5. The average molecular weight is 406 g/mol. The standard InChI is InChI=1S/C17H25NO4.CH4O.O.V/c1-10(2)14(16(20)21)18-9-11-7-12(22-6)8-13(15(11)19)17(3,4)5;1-2;;/h7-10,14,18H,1-6H3,(H,20,21);2H,1H3;;/b11-9-;;;/t14-;;;/m0.../s1. The molecule has 1 rings (SSSR count). The van der Waals surface area contributed by atoms with Crippen molar-refractivity contribution >= 4 is 11.8 Å². The van der Waals surface area contributed by atoms with E-state index in [1.165, 1.54) is 13.3 Å². The number of carbonyl (C=O) groups is 2. The Hall–Kier alpha value is -1.70. The van der Waals surface area contributed by atoms with E-state index in [-0.39, 0.29) is 17.1 Å². The van der Waals surface area contributed by atoms with E-state index in [0.717, 1.165) is 24.5 Å². The number of aliphatic carboxylic acids is 1. The zero-order valence-corrected chi connectivity index (χ0v) is 17.8. The molecule has 0 unspecified atom stereocenters. The molecule has 1 atom stereocenters. The molecular weight excluding hydrogens is 377 g/mol. The molecule has 0 amide bonds. The van der Waals surface area contributed by atoms with Crippen molar-refractivity contribution in [2.24, 2.45) is 11.3 Å². The van der Waals surface area contributed by atoms with E-state index in [1.54, 1.807) is 12.2 Å². The van der Waals surface area contributed by atoms with E-state index in [9.17, 15) is 14.7 Å². The van der Waals surface area contributed by atoms with Gasteiger partial charge in [-0.05, 0) is 23.5 Å². The van der Waals surface area contributed by atoms with Crippen molar-refractivity contribution in [3.05, 3.63) is 35.3 Å². The Balaban J connectivity index is 0. The van der Waals surface area contributed by atoms with Gasteiger partial charge in [-0.25, -0.2) is 4.79 Å². The fourth-order valence-electron chi connectivity index (χ4n) is 2.13. The number of nitrogens with one attached hydrogen (secondary N) is 1. The number of hydrogen-bond acceptors (Lipinski definition) is 6. The maximum absolute atomic E-state index is 12.6. The van der Waals surface area contributed by atoms with Crippen molar-refractivity contribution in [1.29, 1.82) is 0 Å². The van der Waals surface area contributed by atoms with Crippen LogP contribution in [0.5, 0.6) is 0 Å². The SMILES string of the molecule is CO.COC1=C/C(=C/N[C@H](C(=O)O)C(C)C)C(=O)C(C(C)(C)C)=C1.[O]=[V]. The topological polar surface area (TPSA) is 113 Å². The Morgan fingerprint density at radius 2 is 1.73 bits per heavy atom. The molecule has 0 aromatic rings. The molecule has 7 nitrogen and oxygen atoms in total. The molecule has 1 aliphatic carbocycles. The molecule has 0 saturated carbocycles. The molecule has 0 bridgehead atoms. The number of aliphatic hydroxyl groups is 1. The molecule has 8 heteroatoms. The first-order chi connectivity index (χ1) is 12.1. The summed E-state index contributed by atoms with van der Waals surface area (Å²) < 4.78 is 13.4. The van der Waals surface area contributed by atoms with Gasteiger partial charge in [-0.1, -0.05) is 34.6 Å². The fraction of sp³-hybridized carbons (Fsp3) is 0.556. The molecule has 0 aromatic heterocycles. The summed E-state index contributed by atoms with van der Waals surface area (Å²) in [5.74, 6) is -0.586. The van der Waals surface area contributed by atoms with Gasteiger partial charge in [0.05, 0.1) is 7.11 Å². The third-order valence-corrected chi connectivity index (χ3v) is 3.49. The van der Waals surface area contributed by atoms with E-state index in [1.807, 2.05) is 34.6 Å². The van der Waals surface area contributed by atoms with Crippen LogP contribution in [-0.4, -0.2) is 42.2 Å². The van der Waals surface area contributed by atoms with Gasteiger partial charge < -0.3 is 20.3 Å². The van der Waals surface area contributed by atoms with Gasteiger partial charge >= 0.3 is 27.0 Å². The summed E-state index contributed by atoms with van der Waals surface area (Å²) in [6.45, 7) is 9.48. The van der Waals surface area contributed by atoms with Crippen LogP contribution >= 0.6 is 0 Å². The molecule has 3 N–H and O–H groups in total. The van der Waals surface area contributed by atoms with Crippen molar-refractivity contribution < 1.29 is 45.6 Å². The number of aliphatic hydroxyl groups excluding tert-OH is 1. The minimum atomic E-state index is -0.947. The molecule has 0 heterocycles. The van der Waals surface area contributed by atoms with Gasteiger partial charge in [0.15, 0.2) is 5.78 Å². The van der Waals surface area contributed by atoms with Crippen molar-refractivity contribution in [1.82, 2.24) is 5.32 Å². The van der Waals surface area contributed by atoms with E-state index >= 15 is 0 Å². The van der Waals surface area contributed by atoms with Gasteiger partial charge in [0.2, 0.25) is 0 Å². The molecule has 147 valence electrons. The second kappa shape index (κ2) is 12.6. The van der Waals surface area contributed by atoms with Crippen LogP contribution in [0, 0.1) is 11.3 Å². The monoisotopic (exact) mass is 406 g/mol. The van der Waals surface area contributed by atoms with Crippen molar-refractivity contribution in [2.75, 3.05) is 14.2 Å². The molecule has 1 aliphatic rings. The molecule has 26 heavy (non-hydrogen) atoms. The van der Waals surface area contributed by atoms with Crippen molar-refractivity contribution in [3.8, 4) is 0 Å². The summed E-state index contributed by atoms with van der Waals surface area (Å²) in [5, 5.41) is 19.0. The van der Waals surface area contributed by atoms with Crippen molar-refractivity contribution in [3.63, 3.8) is 0 Å². The first kappa shape index (κ1) is 26.5. The third-order valence-electron chi connectivity index (χ3n) is 3.49. The van der Waals surface area contributed by atoms with Crippen LogP contribution < -0.4 is 5.32 Å². The van der Waals surface area contributed by atoms with E-state index in [0.29, 0.717) is 16.9 Å². The number of ketones is 1. The molecule has 0 fully saturated rings. The van der Waals surface area contributed by atoms with Gasteiger partial charge in [0.25, 0.3) is 0 Å². The maximum atomic E-state index is 12.6. The Kier molecular flexibility index (Phi) is 12.9.